The molecule has 1 fully saturated rings. The van der Waals surface area contributed by atoms with E-state index in [0.717, 1.165) is 35.8 Å². The van der Waals surface area contributed by atoms with Crippen molar-refractivity contribution in [3.63, 3.8) is 0 Å². The molecule has 0 spiro atoms. The van der Waals surface area contributed by atoms with E-state index < -0.39 is 0 Å². The van der Waals surface area contributed by atoms with E-state index in [1.807, 2.05) is 24.3 Å². The van der Waals surface area contributed by atoms with Crippen molar-refractivity contribution in [2.75, 3.05) is 11.9 Å². The number of hydrogen-bond donors (Lipinski definition) is 2. The van der Waals surface area contributed by atoms with E-state index in [0.29, 0.717) is 6.04 Å². The molecule has 3 rings (SSSR count). The molecule has 20 heavy (non-hydrogen) atoms. The first kappa shape index (κ1) is 13.1. The molecule has 0 bridgehead atoms. The Kier molecular flexibility index (Phi) is 3.70. The van der Waals surface area contributed by atoms with Crippen molar-refractivity contribution >= 4 is 22.4 Å². The Balaban J connectivity index is 1.80. The average Bonchev–Trinajstić information content (AvgIpc) is 2.47. The normalized spacial score (nSPS) is 22.6. The van der Waals surface area contributed by atoms with Gasteiger partial charge in [0.15, 0.2) is 0 Å². The molecular weight excluding hydrogens is 248 g/mol. The summed E-state index contributed by atoms with van der Waals surface area (Å²) in [6, 6.07) is 14.6. The number of nitrogens with one attached hydrogen (secondary N) is 2. The van der Waals surface area contributed by atoms with Gasteiger partial charge >= 0.3 is 0 Å². The lowest BCUT2D eigenvalue weighted by molar-refractivity contribution is -0.120. The van der Waals surface area contributed by atoms with E-state index in [4.69, 9.17) is 0 Å². The summed E-state index contributed by atoms with van der Waals surface area (Å²) in [5.74, 6) is 0.264. The number of anilines is 1. The summed E-state index contributed by atoms with van der Waals surface area (Å²) < 4.78 is 0. The van der Waals surface area contributed by atoms with Gasteiger partial charge in [0.25, 0.3) is 0 Å². The van der Waals surface area contributed by atoms with Crippen LogP contribution >= 0.6 is 0 Å². The number of fused-ring (bicyclic) bond motifs is 1. The van der Waals surface area contributed by atoms with E-state index in [9.17, 15) is 4.79 Å². The van der Waals surface area contributed by atoms with Gasteiger partial charge in [-0.2, -0.15) is 0 Å². The molecular formula is C17H20N2O. The fourth-order valence-corrected chi connectivity index (χ4v) is 2.94. The second-order valence-electron chi connectivity index (χ2n) is 5.59. The van der Waals surface area contributed by atoms with Crippen LogP contribution in [0.5, 0.6) is 0 Å². The summed E-state index contributed by atoms with van der Waals surface area (Å²) in [4.78, 5) is 12.4. The summed E-state index contributed by atoms with van der Waals surface area (Å²) in [5.41, 5.74) is 0.916. The average molecular weight is 268 g/mol. The minimum atomic E-state index is 0.116. The van der Waals surface area contributed by atoms with Gasteiger partial charge in [-0.1, -0.05) is 36.4 Å². The zero-order valence-corrected chi connectivity index (χ0v) is 11.7. The van der Waals surface area contributed by atoms with Gasteiger partial charge in [-0.3, -0.25) is 4.79 Å². The number of carbonyl (C=O) groups is 1. The van der Waals surface area contributed by atoms with Crippen LogP contribution in [0.25, 0.3) is 10.8 Å². The van der Waals surface area contributed by atoms with Crippen LogP contribution in [-0.2, 0) is 4.79 Å². The number of piperidine rings is 1. The number of hydrogen-bond acceptors (Lipinski definition) is 2. The van der Waals surface area contributed by atoms with E-state index >= 15 is 0 Å². The second kappa shape index (κ2) is 5.63. The van der Waals surface area contributed by atoms with Crippen molar-refractivity contribution in [1.29, 1.82) is 0 Å². The Bertz CT molecular complexity index is 618. The molecule has 1 amide bonds. The molecule has 0 saturated carbocycles. The predicted octanol–water partition coefficient (Wildman–Crippen LogP) is 3.17. The smallest absolute Gasteiger partial charge is 0.227 e. The molecule has 1 heterocycles. The van der Waals surface area contributed by atoms with Crippen LogP contribution < -0.4 is 10.6 Å². The Morgan fingerprint density at radius 3 is 2.85 bits per heavy atom. The van der Waals surface area contributed by atoms with Gasteiger partial charge in [-0.25, -0.2) is 0 Å². The first-order valence-electron chi connectivity index (χ1n) is 7.26. The Morgan fingerprint density at radius 2 is 2.00 bits per heavy atom. The molecule has 0 aliphatic carbocycles. The highest BCUT2D eigenvalue weighted by molar-refractivity contribution is 6.02. The van der Waals surface area contributed by atoms with Crippen LogP contribution in [0.1, 0.15) is 19.8 Å². The number of benzene rings is 2. The van der Waals surface area contributed by atoms with Crippen LogP contribution in [0.15, 0.2) is 42.5 Å². The number of amides is 1. The lowest BCUT2D eigenvalue weighted by Gasteiger charge is -2.27. The standard InChI is InChI=1S/C17H20N2O/c1-12-11-14(9-10-18-12)17(20)19-16-8-4-6-13-5-2-3-7-15(13)16/h2-8,12,14,18H,9-11H2,1H3,(H,19,20). The molecule has 2 aromatic rings. The van der Waals surface area contributed by atoms with Gasteiger partial charge in [0.2, 0.25) is 5.91 Å². The quantitative estimate of drug-likeness (QED) is 0.878. The van der Waals surface area contributed by atoms with Gasteiger partial charge < -0.3 is 10.6 Å². The monoisotopic (exact) mass is 268 g/mol. The van der Waals surface area contributed by atoms with Crippen LogP contribution in [-0.4, -0.2) is 18.5 Å². The van der Waals surface area contributed by atoms with Crippen molar-refractivity contribution in [2.24, 2.45) is 5.92 Å². The second-order valence-corrected chi connectivity index (χ2v) is 5.59. The first-order valence-corrected chi connectivity index (χ1v) is 7.26. The van der Waals surface area contributed by atoms with Crippen molar-refractivity contribution in [3.8, 4) is 0 Å². The van der Waals surface area contributed by atoms with Crippen molar-refractivity contribution in [3.05, 3.63) is 42.5 Å². The number of carbonyl (C=O) groups excluding carboxylic acids is 1. The van der Waals surface area contributed by atoms with Crippen LogP contribution in [0, 0.1) is 5.92 Å². The van der Waals surface area contributed by atoms with Crippen molar-refractivity contribution in [2.45, 2.75) is 25.8 Å². The molecule has 104 valence electrons. The summed E-state index contributed by atoms with van der Waals surface area (Å²) in [5, 5.41) is 8.75. The molecule has 0 aromatic heterocycles. The highest BCUT2D eigenvalue weighted by atomic mass is 16.1. The SMILES string of the molecule is CC1CC(C(=O)Nc2cccc3ccccc23)CCN1. The van der Waals surface area contributed by atoms with Gasteiger partial charge in [0, 0.05) is 23.0 Å². The lowest BCUT2D eigenvalue weighted by atomic mass is 9.92. The Labute approximate surface area is 119 Å². The Morgan fingerprint density at radius 1 is 1.20 bits per heavy atom. The minimum absolute atomic E-state index is 0.116. The highest BCUT2D eigenvalue weighted by Gasteiger charge is 2.24. The summed E-state index contributed by atoms with van der Waals surface area (Å²) in [6.45, 7) is 3.06. The molecule has 1 saturated heterocycles. The predicted molar refractivity (Wildman–Crippen MR) is 82.8 cm³/mol. The largest absolute Gasteiger partial charge is 0.325 e. The topological polar surface area (TPSA) is 41.1 Å². The maximum atomic E-state index is 12.4. The first-order chi connectivity index (χ1) is 9.74. The fourth-order valence-electron chi connectivity index (χ4n) is 2.94. The third-order valence-corrected chi connectivity index (χ3v) is 4.04. The molecule has 2 unspecified atom stereocenters. The van der Waals surface area contributed by atoms with E-state index in [2.05, 4.69) is 35.8 Å². The van der Waals surface area contributed by atoms with E-state index in [1.54, 1.807) is 0 Å². The third kappa shape index (κ3) is 2.68. The fraction of sp³-hybridized carbons (Fsp3) is 0.353. The molecule has 0 radical (unpaired) electrons. The van der Waals surface area contributed by atoms with Gasteiger partial charge in [0.05, 0.1) is 0 Å². The highest BCUT2D eigenvalue weighted by Crippen LogP contribution is 2.25. The molecule has 3 heteroatoms. The molecule has 1 aliphatic heterocycles. The molecule has 2 atom stereocenters. The van der Waals surface area contributed by atoms with Gasteiger partial charge in [-0.15, -0.1) is 0 Å². The number of rotatable bonds is 2. The summed E-state index contributed by atoms with van der Waals surface area (Å²) >= 11 is 0. The Hall–Kier alpha value is -1.87. The van der Waals surface area contributed by atoms with Gasteiger partial charge in [-0.05, 0) is 37.8 Å². The van der Waals surface area contributed by atoms with Crippen LogP contribution in [0.3, 0.4) is 0 Å². The summed E-state index contributed by atoms with van der Waals surface area (Å²) in [6.07, 6.45) is 1.83. The zero-order valence-electron chi connectivity index (χ0n) is 11.7. The van der Waals surface area contributed by atoms with Crippen LogP contribution in [0.4, 0.5) is 5.69 Å². The molecule has 2 aromatic carbocycles. The van der Waals surface area contributed by atoms with Gasteiger partial charge in [0.1, 0.15) is 0 Å². The van der Waals surface area contributed by atoms with E-state index in [1.165, 1.54) is 0 Å². The summed E-state index contributed by atoms with van der Waals surface area (Å²) in [7, 11) is 0. The van der Waals surface area contributed by atoms with E-state index in [-0.39, 0.29) is 11.8 Å². The maximum absolute atomic E-state index is 12.4. The minimum Gasteiger partial charge on any atom is -0.325 e. The lowest BCUT2D eigenvalue weighted by Crippen LogP contribution is -2.40. The van der Waals surface area contributed by atoms with Crippen molar-refractivity contribution < 1.29 is 4.79 Å². The third-order valence-electron chi connectivity index (χ3n) is 4.04. The zero-order chi connectivity index (χ0) is 13.9. The maximum Gasteiger partial charge on any atom is 0.227 e. The van der Waals surface area contributed by atoms with Crippen molar-refractivity contribution in [1.82, 2.24) is 5.32 Å². The van der Waals surface area contributed by atoms with Crippen LogP contribution in [0.2, 0.25) is 0 Å². The molecule has 3 nitrogen and oxygen atoms in total. The molecule has 1 aliphatic rings. The molecule has 2 N–H and O–H groups in total.